The summed E-state index contributed by atoms with van der Waals surface area (Å²) in [5, 5.41) is 17.6. The number of aryl methyl sites for hydroxylation is 2. The first-order chi connectivity index (χ1) is 18.5. The van der Waals surface area contributed by atoms with Crippen LogP contribution >= 0.6 is 0 Å². The summed E-state index contributed by atoms with van der Waals surface area (Å²) in [6.45, 7) is 2.19. The van der Waals surface area contributed by atoms with E-state index in [1.165, 1.54) is 23.7 Å². The Morgan fingerprint density at radius 1 is 1.08 bits per heavy atom. The molecule has 0 unspecified atom stereocenters. The number of pyridine rings is 1. The van der Waals surface area contributed by atoms with Crippen LogP contribution in [0.15, 0.2) is 55.1 Å². The number of aromatic nitrogens is 6. The Balaban J connectivity index is 1.11. The lowest BCUT2D eigenvalue weighted by molar-refractivity contribution is 0.127. The maximum absolute atomic E-state index is 11.1. The van der Waals surface area contributed by atoms with Gasteiger partial charge in [0.05, 0.1) is 22.7 Å². The first-order valence-electron chi connectivity index (χ1n) is 13.5. The Hall–Kier alpha value is -3.98. The number of hydrogen-bond acceptors (Lipinski definition) is 7. The number of aliphatic hydroxyl groups is 1. The fourth-order valence-corrected chi connectivity index (χ4v) is 6.13. The van der Waals surface area contributed by atoms with Crippen LogP contribution in [0.2, 0.25) is 0 Å². The number of hydrogen-bond donors (Lipinski definition) is 2. The number of fused-ring (bicyclic) bond motifs is 2. The SMILES string of the molecule is Cn1ccc(-c2cn([C@@H]3C[C@H](CCc4ccc5ccc(N6CCC6)nc5c4)[C@@H](O)C3)c3ncnc(N)c23)n1. The van der Waals surface area contributed by atoms with Crippen LogP contribution in [0.25, 0.3) is 33.2 Å². The molecule has 9 nitrogen and oxygen atoms in total. The highest BCUT2D eigenvalue weighted by Crippen LogP contribution is 2.42. The van der Waals surface area contributed by atoms with E-state index in [1.54, 1.807) is 4.68 Å². The van der Waals surface area contributed by atoms with Gasteiger partial charge >= 0.3 is 0 Å². The van der Waals surface area contributed by atoms with Crippen molar-refractivity contribution in [3.05, 3.63) is 60.7 Å². The smallest absolute Gasteiger partial charge is 0.146 e. The Morgan fingerprint density at radius 3 is 2.74 bits per heavy atom. The number of nitrogens with two attached hydrogens (primary N) is 1. The molecular formula is C29H32N8O. The standard InChI is InChI=1S/C29H32N8O/c1-35-12-9-23(34-35)22-16-37(29-27(22)28(30)31-17-32-29)21-14-20(25(38)15-21)6-4-18-3-5-19-7-8-26(33-24(19)13-18)36-10-2-11-36/h3,5,7-9,12-13,16-17,20-21,25,38H,2,4,6,10-11,14-15H2,1H3,(H2,30,31,32)/t20-,21+,25-/m0/s1. The van der Waals surface area contributed by atoms with Crippen molar-refractivity contribution in [2.24, 2.45) is 13.0 Å². The second kappa shape index (κ2) is 9.09. The molecule has 4 aromatic heterocycles. The van der Waals surface area contributed by atoms with Crippen molar-refractivity contribution in [1.29, 1.82) is 0 Å². The molecule has 2 aliphatic rings. The summed E-state index contributed by atoms with van der Waals surface area (Å²) >= 11 is 0. The van der Waals surface area contributed by atoms with Gasteiger partial charge in [-0.2, -0.15) is 5.10 Å². The van der Waals surface area contributed by atoms with Crippen LogP contribution in [0, 0.1) is 5.92 Å². The van der Waals surface area contributed by atoms with Crippen LogP contribution in [-0.4, -0.2) is 53.6 Å². The van der Waals surface area contributed by atoms with Gasteiger partial charge in [0.2, 0.25) is 0 Å². The molecule has 0 amide bonds. The van der Waals surface area contributed by atoms with Crippen LogP contribution in [0.3, 0.4) is 0 Å². The van der Waals surface area contributed by atoms with E-state index in [-0.39, 0.29) is 18.1 Å². The van der Waals surface area contributed by atoms with Gasteiger partial charge < -0.3 is 20.3 Å². The second-order valence-electron chi connectivity index (χ2n) is 10.8. The van der Waals surface area contributed by atoms with Crippen molar-refractivity contribution in [3.63, 3.8) is 0 Å². The normalized spacial score (nSPS) is 21.4. The fraction of sp³-hybridized carbons (Fsp3) is 0.379. The van der Waals surface area contributed by atoms with Crippen molar-refractivity contribution < 1.29 is 5.11 Å². The zero-order valence-corrected chi connectivity index (χ0v) is 21.5. The van der Waals surface area contributed by atoms with Crippen LogP contribution in [0.1, 0.15) is 37.3 Å². The molecule has 38 heavy (non-hydrogen) atoms. The van der Waals surface area contributed by atoms with E-state index >= 15 is 0 Å². The Kier molecular flexibility index (Phi) is 5.54. The van der Waals surface area contributed by atoms with Gasteiger partial charge in [0.1, 0.15) is 23.6 Å². The molecule has 194 valence electrons. The van der Waals surface area contributed by atoms with Crippen LogP contribution in [-0.2, 0) is 13.5 Å². The largest absolute Gasteiger partial charge is 0.393 e. The van der Waals surface area contributed by atoms with Gasteiger partial charge in [-0.3, -0.25) is 4.68 Å². The summed E-state index contributed by atoms with van der Waals surface area (Å²) in [4.78, 5) is 16.1. The summed E-state index contributed by atoms with van der Waals surface area (Å²) in [5.74, 6) is 1.74. The zero-order chi connectivity index (χ0) is 25.8. The zero-order valence-electron chi connectivity index (χ0n) is 21.5. The minimum atomic E-state index is -0.355. The number of rotatable bonds is 6. The van der Waals surface area contributed by atoms with Crippen LogP contribution in [0.5, 0.6) is 0 Å². The van der Waals surface area contributed by atoms with E-state index in [1.807, 2.05) is 19.3 Å². The molecule has 2 fully saturated rings. The number of nitrogen functional groups attached to an aromatic ring is 1. The molecule has 1 saturated carbocycles. The van der Waals surface area contributed by atoms with E-state index in [0.717, 1.165) is 66.0 Å². The minimum Gasteiger partial charge on any atom is -0.393 e. The van der Waals surface area contributed by atoms with E-state index < -0.39 is 0 Å². The van der Waals surface area contributed by atoms with Crippen molar-refractivity contribution in [2.75, 3.05) is 23.7 Å². The highest BCUT2D eigenvalue weighted by Gasteiger charge is 2.35. The molecule has 5 aromatic rings. The molecular weight excluding hydrogens is 476 g/mol. The fourth-order valence-electron chi connectivity index (χ4n) is 6.13. The summed E-state index contributed by atoms with van der Waals surface area (Å²) < 4.78 is 3.96. The maximum Gasteiger partial charge on any atom is 0.146 e. The molecule has 7 rings (SSSR count). The van der Waals surface area contributed by atoms with Gasteiger partial charge in [0.15, 0.2) is 0 Å². The van der Waals surface area contributed by atoms with Crippen molar-refractivity contribution in [1.82, 2.24) is 29.3 Å². The molecule has 5 heterocycles. The lowest BCUT2D eigenvalue weighted by atomic mass is 9.96. The van der Waals surface area contributed by atoms with Gasteiger partial charge in [-0.15, -0.1) is 0 Å². The molecule has 3 atom stereocenters. The predicted molar refractivity (Wildman–Crippen MR) is 149 cm³/mol. The summed E-state index contributed by atoms with van der Waals surface area (Å²) in [6.07, 6.45) is 9.84. The number of anilines is 2. The van der Waals surface area contributed by atoms with E-state index in [9.17, 15) is 5.11 Å². The molecule has 0 radical (unpaired) electrons. The third-order valence-electron chi connectivity index (χ3n) is 8.38. The summed E-state index contributed by atoms with van der Waals surface area (Å²) in [7, 11) is 1.90. The number of aliphatic hydroxyl groups excluding tert-OH is 1. The molecule has 1 aliphatic heterocycles. The topological polar surface area (TPSA) is 111 Å². The highest BCUT2D eigenvalue weighted by molar-refractivity contribution is 5.99. The quantitative estimate of drug-likeness (QED) is 0.355. The summed E-state index contributed by atoms with van der Waals surface area (Å²) in [5.41, 5.74) is 11.2. The molecule has 3 N–H and O–H groups in total. The van der Waals surface area contributed by atoms with E-state index in [2.05, 4.69) is 61.1 Å². The maximum atomic E-state index is 11.1. The van der Waals surface area contributed by atoms with Crippen LogP contribution < -0.4 is 10.6 Å². The lowest BCUT2D eigenvalue weighted by Gasteiger charge is -2.32. The Labute approximate surface area is 220 Å². The number of benzene rings is 1. The predicted octanol–water partition coefficient (Wildman–Crippen LogP) is 4.12. The second-order valence-corrected chi connectivity index (χ2v) is 10.8. The molecule has 0 bridgehead atoms. The minimum absolute atomic E-state index is 0.140. The molecule has 1 aromatic carbocycles. The highest BCUT2D eigenvalue weighted by atomic mass is 16.3. The molecule has 9 heteroatoms. The van der Waals surface area contributed by atoms with Gasteiger partial charge in [-0.25, -0.2) is 15.0 Å². The van der Waals surface area contributed by atoms with E-state index in [4.69, 9.17) is 10.7 Å². The monoisotopic (exact) mass is 508 g/mol. The molecule has 0 spiro atoms. The summed E-state index contributed by atoms with van der Waals surface area (Å²) in [6, 6.07) is 13.0. The van der Waals surface area contributed by atoms with Crippen molar-refractivity contribution >= 4 is 33.6 Å². The van der Waals surface area contributed by atoms with Crippen molar-refractivity contribution in [3.8, 4) is 11.3 Å². The Bertz CT molecular complexity index is 1630. The first kappa shape index (κ1) is 23.2. The van der Waals surface area contributed by atoms with Gasteiger partial charge in [-0.05, 0) is 67.9 Å². The van der Waals surface area contributed by atoms with E-state index in [0.29, 0.717) is 12.2 Å². The average Bonchev–Trinajstić information content (AvgIpc) is 3.58. The van der Waals surface area contributed by atoms with Crippen LogP contribution in [0.4, 0.5) is 11.6 Å². The third-order valence-corrected chi connectivity index (χ3v) is 8.38. The lowest BCUT2D eigenvalue weighted by Crippen LogP contribution is -2.37. The average molecular weight is 509 g/mol. The van der Waals surface area contributed by atoms with Gasteiger partial charge in [0.25, 0.3) is 0 Å². The third kappa shape index (κ3) is 3.98. The Morgan fingerprint density at radius 2 is 1.95 bits per heavy atom. The van der Waals surface area contributed by atoms with Crippen molar-refractivity contribution in [2.45, 2.75) is 44.2 Å². The first-order valence-corrected chi connectivity index (χ1v) is 13.5. The van der Waals surface area contributed by atoms with Gasteiger partial charge in [0, 0.05) is 49.5 Å². The molecule has 1 aliphatic carbocycles. The number of nitrogens with zero attached hydrogens (tertiary/aromatic N) is 7. The molecule has 1 saturated heterocycles. The van der Waals surface area contributed by atoms with Gasteiger partial charge in [-0.1, -0.05) is 12.1 Å².